The largest absolute Gasteiger partial charge is 0.378 e. The first-order valence-electron chi connectivity index (χ1n) is 5.94. The molecule has 15 heavy (non-hydrogen) atoms. The van der Waals surface area contributed by atoms with Crippen molar-refractivity contribution in [1.29, 1.82) is 0 Å². The van der Waals surface area contributed by atoms with Crippen LogP contribution in [-0.2, 0) is 9.53 Å². The summed E-state index contributed by atoms with van der Waals surface area (Å²) in [5.41, 5.74) is 0. The van der Waals surface area contributed by atoms with Gasteiger partial charge in [-0.05, 0) is 33.6 Å². The third-order valence-electron chi connectivity index (χ3n) is 3.01. The van der Waals surface area contributed by atoms with Crippen LogP contribution < -0.4 is 0 Å². The number of piperidine rings is 1. The lowest BCUT2D eigenvalue weighted by atomic mass is 10.1. The molecule has 0 atom stereocenters. The van der Waals surface area contributed by atoms with Crippen molar-refractivity contribution in [1.82, 2.24) is 4.90 Å². The van der Waals surface area contributed by atoms with E-state index < -0.39 is 0 Å². The van der Waals surface area contributed by atoms with Crippen molar-refractivity contribution < 1.29 is 9.53 Å². The first-order valence-corrected chi connectivity index (χ1v) is 5.94. The molecule has 0 aromatic heterocycles. The highest BCUT2D eigenvalue weighted by Crippen LogP contribution is 2.15. The molecule has 0 aliphatic carbocycles. The molecule has 3 heteroatoms. The molecule has 1 aliphatic heterocycles. The van der Waals surface area contributed by atoms with Crippen LogP contribution in [0.25, 0.3) is 0 Å². The van der Waals surface area contributed by atoms with Gasteiger partial charge in [0.15, 0.2) is 0 Å². The van der Waals surface area contributed by atoms with Gasteiger partial charge in [-0.15, -0.1) is 0 Å². The van der Waals surface area contributed by atoms with Crippen molar-refractivity contribution >= 4 is 5.78 Å². The zero-order chi connectivity index (χ0) is 11.3. The molecule has 0 unspecified atom stereocenters. The standard InChI is InChI=1S/C12H23NO2/c1-10(2)13-7-4-12(5-8-13)15-9-6-11(3)14/h10,12H,4-9H2,1-3H3. The van der Waals surface area contributed by atoms with E-state index in [0.717, 1.165) is 25.9 Å². The van der Waals surface area contributed by atoms with E-state index in [1.165, 1.54) is 0 Å². The topological polar surface area (TPSA) is 29.5 Å². The van der Waals surface area contributed by atoms with Gasteiger partial charge in [0.05, 0.1) is 12.7 Å². The van der Waals surface area contributed by atoms with Crippen molar-refractivity contribution in [2.24, 2.45) is 0 Å². The van der Waals surface area contributed by atoms with Gasteiger partial charge in [0, 0.05) is 25.6 Å². The Morgan fingerprint density at radius 1 is 1.40 bits per heavy atom. The van der Waals surface area contributed by atoms with E-state index in [1.54, 1.807) is 6.92 Å². The summed E-state index contributed by atoms with van der Waals surface area (Å²) in [7, 11) is 0. The van der Waals surface area contributed by atoms with Gasteiger partial charge in [0.25, 0.3) is 0 Å². The monoisotopic (exact) mass is 213 g/mol. The fraction of sp³-hybridized carbons (Fsp3) is 0.917. The molecule has 1 rings (SSSR count). The molecular formula is C12H23NO2. The van der Waals surface area contributed by atoms with Gasteiger partial charge >= 0.3 is 0 Å². The maximum absolute atomic E-state index is 10.7. The molecule has 88 valence electrons. The Kier molecular flexibility index (Phi) is 5.26. The van der Waals surface area contributed by atoms with Gasteiger partial charge in [-0.25, -0.2) is 0 Å². The van der Waals surface area contributed by atoms with E-state index in [2.05, 4.69) is 18.7 Å². The van der Waals surface area contributed by atoms with Crippen LogP contribution in [0.4, 0.5) is 0 Å². The van der Waals surface area contributed by atoms with E-state index in [-0.39, 0.29) is 5.78 Å². The average molecular weight is 213 g/mol. The van der Waals surface area contributed by atoms with E-state index in [0.29, 0.717) is 25.2 Å². The Morgan fingerprint density at radius 3 is 2.47 bits per heavy atom. The highest BCUT2D eigenvalue weighted by Gasteiger charge is 2.20. The number of rotatable bonds is 5. The summed E-state index contributed by atoms with van der Waals surface area (Å²) >= 11 is 0. The Morgan fingerprint density at radius 2 is 2.00 bits per heavy atom. The van der Waals surface area contributed by atoms with Crippen molar-refractivity contribution in [3.05, 3.63) is 0 Å². The normalized spacial score (nSPS) is 19.7. The van der Waals surface area contributed by atoms with Gasteiger partial charge in [-0.3, -0.25) is 4.79 Å². The van der Waals surface area contributed by atoms with Crippen LogP contribution in [0.5, 0.6) is 0 Å². The van der Waals surface area contributed by atoms with Crippen LogP contribution in [0.15, 0.2) is 0 Å². The minimum absolute atomic E-state index is 0.217. The smallest absolute Gasteiger partial charge is 0.132 e. The highest BCUT2D eigenvalue weighted by molar-refractivity contribution is 5.75. The number of Topliss-reactive ketones (excluding diaryl/α,β-unsaturated/α-hetero) is 1. The number of likely N-dealkylation sites (tertiary alicyclic amines) is 1. The Bertz CT molecular complexity index is 196. The molecule has 1 aliphatic rings. The summed E-state index contributed by atoms with van der Waals surface area (Å²) < 4.78 is 5.67. The Balaban J connectivity index is 2.12. The van der Waals surface area contributed by atoms with E-state index in [9.17, 15) is 4.79 Å². The summed E-state index contributed by atoms with van der Waals surface area (Å²) in [6.07, 6.45) is 3.15. The maximum Gasteiger partial charge on any atom is 0.132 e. The van der Waals surface area contributed by atoms with Crippen molar-refractivity contribution in [2.75, 3.05) is 19.7 Å². The van der Waals surface area contributed by atoms with Gasteiger partial charge < -0.3 is 9.64 Å². The first kappa shape index (κ1) is 12.7. The van der Waals surface area contributed by atoms with E-state index >= 15 is 0 Å². The van der Waals surface area contributed by atoms with Crippen LogP contribution in [0.2, 0.25) is 0 Å². The minimum Gasteiger partial charge on any atom is -0.378 e. The van der Waals surface area contributed by atoms with Crippen molar-refractivity contribution in [3.8, 4) is 0 Å². The molecule has 1 saturated heterocycles. The molecule has 0 aromatic carbocycles. The zero-order valence-corrected chi connectivity index (χ0v) is 10.2. The summed E-state index contributed by atoms with van der Waals surface area (Å²) in [5.74, 6) is 0.217. The van der Waals surface area contributed by atoms with Crippen molar-refractivity contribution in [3.63, 3.8) is 0 Å². The first-order chi connectivity index (χ1) is 7.09. The van der Waals surface area contributed by atoms with Crippen LogP contribution >= 0.6 is 0 Å². The molecule has 0 amide bonds. The fourth-order valence-electron chi connectivity index (χ4n) is 1.93. The number of nitrogens with zero attached hydrogens (tertiary/aromatic N) is 1. The fourth-order valence-corrected chi connectivity index (χ4v) is 1.93. The molecule has 3 nitrogen and oxygen atoms in total. The summed E-state index contributed by atoms with van der Waals surface area (Å²) in [5, 5.41) is 0. The minimum atomic E-state index is 0.217. The predicted octanol–water partition coefficient (Wildman–Crippen LogP) is 1.85. The second kappa shape index (κ2) is 6.23. The van der Waals surface area contributed by atoms with Gasteiger partial charge in [0.2, 0.25) is 0 Å². The SMILES string of the molecule is CC(=O)CCOC1CCN(C(C)C)CC1. The van der Waals surface area contributed by atoms with Crippen LogP contribution in [-0.4, -0.2) is 42.5 Å². The third-order valence-corrected chi connectivity index (χ3v) is 3.01. The lowest BCUT2D eigenvalue weighted by molar-refractivity contribution is -0.118. The number of ether oxygens (including phenoxy) is 1. The second-order valence-corrected chi connectivity index (χ2v) is 4.65. The summed E-state index contributed by atoms with van der Waals surface area (Å²) in [4.78, 5) is 13.2. The van der Waals surface area contributed by atoms with E-state index in [1.807, 2.05) is 0 Å². The predicted molar refractivity (Wildman–Crippen MR) is 61.0 cm³/mol. The number of hydrogen-bond donors (Lipinski definition) is 0. The lowest BCUT2D eigenvalue weighted by Crippen LogP contribution is -2.41. The molecular weight excluding hydrogens is 190 g/mol. The highest BCUT2D eigenvalue weighted by atomic mass is 16.5. The molecule has 0 aromatic rings. The van der Waals surface area contributed by atoms with Gasteiger partial charge in [-0.1, -0.05) is 0 Å². The quantitative estimate of drug-likeness (QED) is 0.698. The molecule has 0 bridgehead atoms. The molecule has 0 spiro atoms. The van der Waals surface area contributed by atoms with Crippen LogP contribution in [0.3, 0.4) is 0 Å². The maximum atomic E-state index is 10.7. The molecule has 0 saturated carbocycles. The lowest BCUT2D eigenvalue weighted by Gasteiger charge is -2.34. The molecule has 0 N–H and O–H groups in total. The Labute approximate surface area is 92.8 Å². The molecule has 1 heterocycles. The van der Waals surface area contributed by atoms with Crippen LogP contribution in [0, 0.1) is 0 Å². The second-order valence-electron chi connectivity index (χ2n) is 4.65. The van der Waals surface area contributed by atoms with Gasteiger partial charge in [0.1, 0.15) is 5.78 Å². The van der Waals surface area contributed by atoms with Crippen LogP contribution in [0.1, 0.15) is 40.0 Å². The van der Waals surface area contributed by atoms with E-state index in [4.69, 9.17) is 4.74 Å². The third kappa shape index (κ3) is 4.76. The zero-order valence-electron chi connectivity index (χ0n) is 10.2. The number of hydrogen-bond acceptors (Lipinski definition) is 3. The molecule has 1 fully saturated rings. The number of carbonyl (C=O) groups excluding carboxylic acids is 1. The summed E-state index contributed by atoms with van der Waals surface area (Å²) in [6, 6.07) is 0.642. The summed E-state index contributed by atoms with van der Waals surface area (Å²) in [6.45, 7) is 8.94. The van der Waals surface area contributed by atoms with Gasteiger partial charge in [-0.2, -0.15) is 0 Å². The average Bonchev–Trinajstić information content (AvgIpc) is 2.18. The number of carbonyl (C=O) groups is 1. The Hall–Kier alpha value is -0.410. The number of ketones is 1. The van der Waals surface area contributed by atoms with Crippen molar-refractivity contribution in [2.45, 2.75) is 52.2 Å². The molecule has 0 radical (unpaired) electrons.